The van der Waals surface area contributed by atoms with Gasteiger partial charge in [-0.2, -0.15) is 0 Å². The zero-order valence-corrected chi connectivity index (χ0v) is 19.1. The van der Waals surface area contributed by atoms with E-state index in [0.29, 0.717) is 0 Å². The molecule has 0 amide bonds. The quantitative estimate of drug-likeness (QED) is 0.225. The Labute approximate surface area is 184 Å². The molecule has 0 unspecified atom stereocenters. The van der Waals surface area contributed by atoms with Crippen molar-refractivity contribution in [3.63, 3.8) is 0 Å². The summed E-state index contributed by atoms with van der Waals surface area (Å²) in [5.74, 6) is 0. The van der Waals surface area contributed by atoms with Crippen molar-refractivity contribution in [3.8, 4) is 0 Å². The van der Waals surface area contributed by atoms with Crippen LogP contribution < -0.4 is 0 Å². The lowest BCUT2D eigenvalue weighted by atomic mass is 10.1. The first-order chi connectivity index (χ1) is 14.3. The molecule has 0 aliphatic carbocycles. The van der Waals surface area contributed by atoms with Crippen LogP contribution in [0.4, 0.5) is 0 Å². The van der Waals surface area contributed by atoms with E-state index >= 15 is 0 Å². The molecule has 5 aromatic rings. The molecule has 0 atom stereocenters. The van der Waals surface area contributed by atoms with Crippen molar-refractivity contribution in [1.29, 1.82) is 0 Å². The Morgan fingerprint density at radius 2 is 1.38 bits per heavy atom. The van der Waals surface area contributed by atoms with E-state index in [0.717, 1.165) is 0 Å². The van der Waals surface area contributed by atoms with Crippen molar-refractivity contribution in [2.75, 3.05) is 0 Å². The van der Waals surface area contributed by atoms with E-state index in [2.05, 4.69) is 73.7 Å². The molecule has 5 rings (SSSR count). The van der Waals surface area contributed by atoms with Crippen LogP contribution in [0.25, 0.3) is 42.4 Å². The second kappa shape index (κ2) is 8.43. The molecule has 0 fully saturated rings. The molecule has 3 aromatic heterocycles. The highest BCUT2D eigenvalue weighted by Gasteiger charge is 2.06. The molecule has 0 aliphatic heterocycles. The Kier molecular flexibility index (Phi) is 5.54. The number of hydrogen-bond donors (Lipinski definition) is 0. The van der Waals surface area contributed by atoms with Crippen LogP contribution in [0.5, 0.6) is 0 Å². The summed E-state index contributed by atoms with van der Waals surface area (Å²) in [7, 11) is 0. The molecular formula is C26H24S3. The first-order valence-corrected chi connectivity index (χ1v) is 12.9. The van der Waals surface area contributed by atoms with Crippen LogP contribution in [0.3, 0.4) is 0 Å². The van der Waals surface area contributed by atoms with E-state index in [4.69, 9.17) is 0 Å². The molecule has 0 spiro atoms. The van der Waals surface area contributed by atoms with Gasteiger partial charge in [0.25, 0.3) is 0 Å². The fraction of sp³-hybridized carbons (Fsp3) is 0.231. The maximum atomic E-state index is 2.42. The van der Waals surface area contributed by atoms with E-state index in [-0.39, 0.29) is 0 Å². The van der Waals surface area contributed by atoms with Gasteiger partial charge in [-0.05, 0) is 71.5 Å². The van der Waals surface area contributed by atoms with Gasteiger partial charge in [0.05, 0.1) is 0 Å². The summed E-state index contributed by atoms with van der Waals surface area (Å²) in [6.07, 6.45) is 11.2. The Hall–Kier alpha value is -1.94. The number of aryl methyl sites for hydroxylation is 1. The molecule has 0 saturated heterocycles. The molecule has 0 nitrogen and oxygen atoms in total. The van der Waals surface area contributed by atoms with Crippen LogP contribution >= 0.6 is 34.0 Å². The van der Waals surface area contributed by atoms with Crippen LogP contribution in [0.2, 0.25) is 0 Å². The van der Waals surface area contributed by atoms with Gasteiger partial charge in [0.1, 0.15) is 0 Å². The summed E-state index contributed by atoms with van der Waals surface area (Å²) in [6, 6.07) is 20.3. The van der Waals surface area contributed by atoms with Gasteiger partial charge in [-0.15, -0.1) is 34.0 Å². The third-order valence-electron chi connectivity index (χ3n) is 5.37. The van der Waals surface area contributed by atoms with Crippen LogP contribution in [0.15, 0.2) is 54.6 Å². The number of hydrogen-bond acceptors (Lipinski definition) is 3. The highest BCUT2D eigenvalue weighted by atomic mass is 32.1. The number of fused-ring (bicyclic) bond motifs is 3. The van der Waals surface area contributed by atoms with Gasteiger partial charge >= 0.3 is 0 Å². The maximum absolute atomic E-state index is 2.42. The van der Waals surface area contributed by atoms with Crippen LogP contribution in [0, 0.1) is 0 Å². The molecule has 0 saturated carbocycles. The molecule has 2 aromatic carbocycles. The SMILES string of the molecule is CCCCCCc1cc2sc(C=Cc3cc4cc5ccccc5cc4s3)cc2s1. The van der Waals surface area contributed by atoms with Gasteiger partial charge in [0.2, 0.25) is 0 Å². The summed E-state index contributed by atoms with van der Waals surface area (Å²) in [6.45, 7) is 2.27. The first kappa shape index (κ1) is 19.0. The largest absolute Gasteiger partial charge is 0.139 e. The minimum absolute atomic E-state index is 1.24. The van der Waals surface area contributed by atoms with Gasteiger partial charge < -0.3 is 0 Å². The fourth-order valence-corrected chi connectivity index (χ4v) is 7.21. The minimum atomic E-state index is 1.24. The molecule has 0 N–H and O–H groups in total. The van der Waals surface area contributed by atoms with Crippen LogP contribution in [-0.4, -0.2) is 0 Å². The lowest BCUT2D eigenvalue weighted by Crippen LogP contribution is -1.80. The first-order valence-electron chi connectivity index (χ1n) is 10.4. The van der Waals surface area contributed by atoms with Crippen molar-refractivity contribution >= 4 is 76.4 Å². The summed E-state index contributed by atoms with van der Waals surface area (Å²) in [4.78, 5) is 4.23. The molecule has 0 bridgehead atoms. The monoisotopic (exact) mass is 432 g/mol. The van der Waals surface area contributed by atoms with E-state index in [1.165, 1.54) is 72.1 Å². The van der Waals surface area contributed by atoms with Crippen molar-refractivity contribution in [2.24, 2.45) is 0 Å². The van der Waals surface area contributed by atoms with Gasteiger partial charge in [-0.25, -0.2) is 0 Å². The van der Waals surface area contributed by atoms with E-state index in [1.54, 1.807) is 4.88 Å². The Morgan fingerprint density at radius 1 is 0.655 bits per heavy atom. The molecule has 29 heavy (non-hydrogen) atoms. The highest BCUT2D eigenvalue weighted by Crippen LogP contribution is 2.36. The van der Waals surface area contributed by atoms with E-state index in [1.807, 2.05) is 34.0 Å². The number of rotatable bonds is 7. The van der Waals surface area contributed by atoms with Crippen molar-refractivity contribution < 1.29 is 0 Å². The summed E-state index contributed by atoms with van der Waals surface area (Å²) >= 11 is 5.78. The smallest absolute Gasteiger partial charge is 0.0459 e. The average Bonchev–Trinajstić information content (AvgIpc) is 3.40. The number of benzene rings is 2. The number of thiophene rings is 3. The van der Waals surface area contributed by atoms with Crippen LogP contribution in [0.1, 0.15) is 47.2 Å². The Bertz CT molecular complexity index is 1210. The lowest BCUT2D eigenvalue weighted by molar-refractivity contribution is 0.670. The number of unbranched alkanes of at least 4 members (excludes halogenated alkanes) is 3. The zero-order chi connectivity index (χ0) is 19.6. The molecular weight excluding hydrogens is 408 g/mol. The van der Waals surface area contributed by atoms with Gasteiger partial charge in [-0.3, -0.25) is 0 Å². The molecule has 3 heteroatoms. The summed E-state index contributed by atoms with van der Waals surface area (Å²) in [5.41, 5.74) is 0. The van der Waals surface area contributed by atoms with Gasteiger partial charge in [0.15, 0.2) is 0 Å². The topological polar surface area (TPSA) is 0 Å². The van der Waals surface area contributed by atoms with Crippen molar-refractivity contribution in [2.45, 2.75) is 39.0 Å². The van der Waals surface area contributed by atoms with E-state index in [9.17, 15) is 0 Å². The van der Waals surface area contributed by atoms with Crippen LogP contribution in [-0.2, 0) is 6.42 Å². The highest BCUT2D eigenvalue weighted by molar-refractivity contribution is 7.28. The predicted molar refractivity (Wildman–Crippen MR) is 136 cm³/mol. The standard InChI is InChI=1S/C26H24S3/c1-2-3-4-5-10-21-16-25-26(28-21)17-23(29-25)12-11-22-14-20-13-18-8-6-7-9-19(18)15-24(20)27-22/h6-9,11-17H,2-5,10H2,1H3. The minimum Gasteiger partial charge on any atom is -0.139 e. The van der Waals surface area contributed by atoms with Crippen molar-refractivity contribution in [3.05, 3.63) is 69.2 Å². The molecule has 0 radical (unpaired) electrons. The summed E-state index contributed by atoms with van der Waals surface area (Å²) in [5, 5.41) is 3.98. The van der Waals surface area contributed by atoms with Gasteiger partial charge in [-0.1, -0.05) is 50.5 Å². The zero-order valence-electron chi connectivity index (χ0n) is 16.6. The third-order valence-corrected chi connectivity index (χ3v) is 8.75. The predicted octanol–water partition coefficient (Wildman–Crippen LogP) is 9.62. The third kappa shape index (κ3) is 4.18. The molecule has 146 valence electrons. The normalized spacial score (nSPS) is 12.2. The summed E-state index contributed by atoms with van der Waals surface area (Å²) < 4.78 is 4.26. The maximum Gasteiger partial charge on any atom is 0.0459 e. The molecule has 0 aliphatic rings. The van der Waals surface area contributed by atoms with Crippen molar-refractivity contribution in [1.82, 2.24) is 0 Å². The lowest BCUT2D eigenvalue weighted by Gasteiger charge is -1.96. The van der Waals surface area contributed by atoms with E-state index < -0.39 is 0 Å². The average molecular weight is 433 g/mol. The van der Waals surface area contributed by atoms with Gasteiger partial charge in [0, 0.05) is 28.7 Å². The second-order valence-corrected chi connectivity index (χ2v) is 11.0. The second-order valence-electron chi connectivity index (χ2n) is 7.62. The molecule has 3 heterocycles. The fourth-order valence-electron chi connectivity index (χ4n) is 3.83. The Balaban J connectivity index is 1.33. The Morgan fingerprint density at radius 3 is 2.17 bits per heavy atom.